The Kier molecular flexibility index (Phi) is 3.64. The van der Waals surface area contributed by atoms with Crippen molar-refractivity contribution in [1.82, 2.24) is 0 Å². The minimum absolute atomic E-state index is 0.00887. The molecular weight excluding hydrogens is 404 g/mol. The molecule has 1 heterocycles. The highest BCUT2D eigenvalue weighted by Crippen LogP contribution is 2.53. The smallest absolute Gasteiger partial charge is 0.0207 e. The lowest BCUT2D eigenvalue weighted by atomic mass is 9.81. The molecular formula is C31H22S. The molecule has 0 saturated heterocycles. The summed E-state index contributed by atoms with van der Waals surface area (Å²) in [5.41, 5.74) is 11.0. The fourth-order valence-electron chi connectivity index (χ4n) is 5.70. The summed E-state index contributed by atoms with van der Waals surface area (Å²) in [5.74, 6) is 0. The molecule has 0 unspecified atom stereocenters. The van der Waals surface area contributed by atoms with Gasteiger partial charge in [-0.15, -0.1) is 0 Å². The molecule has 0 radical (unpaired) electrons. The van der Waals surface area contributed by atoms with Gasteiger partial charge in [0, 0.05) is 20.6 Å². The maximum absolute atomic E-state index is 2.44. The summed E-state index contributed by atoms with van der Waals surface area (Å²) in [6.45, 7) is 4.71. The normalized spacial score (nSPS) is 14.7. The summed E-state index contributed by atoms with van der Waals surface area (Å²) < 4.78 is 0. The maximum Gasteiger partial charge on any atom is 0.0207 e. The molecule has 1 aliphatic heterocycles. The van der Waals surface area contributed by atoms with Gasteiger partial charge in [-0.25, -0.2) is 0 Å². The number of hydrogen-bond donors (Lipinski definition) is 0. The zero-order chi connectivity index (χ0) is 21.4. The van der Waals surface area contributed by atoms with Gasteiger partial charge in [0.25, 0.3) is 0 Å². The first-order chi connectivity index (χ1) is 15.6. The topological polar surface area (TPSA) is 0 Å². The van der Waals surface area contributed by atoms with Crippen molar-refractivity contribution >= 4 is 22.5 Å². The average Bonchev–Trinajstić information content (AvgIpc) is 3.06. The quantitative estimate of drug-likeness (QED) is 0.253. The van der Waals surface area contributed by atoms with E-state index >= 15 is 0 Å². The van der Waals surface area contributed by atoms with E-state index in [0.717, 1.165) is 0 Å². The third-order valence-electron chi connectivity index (χ3n) is 7.28. The van der Waals surface area contributed by atoms with Crippen LogP contribution < -0.4 is 0 Å². The first kappa shape index (κ1) is 18.3. The lowest BCUT2D eigenvalue weighted by Crippen LogP contribution is -2.14. The molecule has 1 aliphatic carbocycles. The molecule has 0 N–H and O–H groups in total. The lowest BCUT2D eigenvalue weighted by Gasteiger charge is -2.25. The molecule has 1 heteroatoms. The molecule has 0 aromatic heterocycles. The van der Waals surface area contributed by atoms with E-state index in [2.05, 4.69) is 111 Å². The second kappa shape index (κ2) is 6.37. The fourth-order valence-corrected chi connectivity index (χ4v) is 6.84. The monoisotopic (exact) mass is 426 g/mol. The first-order valence-corrected chi connectivity index (χ1v) is 12.0. The van der Waals surface area contributed by atoms with Crippen molar-refractivity contribution in [3.05, 3.63) is 108 Å². The Morgan fingerprint density at radius 1 is 0.562 bits per heavy atom. The summed E-state index contributed by atoms with van der Waals surface area (Å²) in [4.78, 5) is 2.70. The van der Waals surface area contributed by atoms with Gasteiger partial charge in [-0.2, -0.15) is 0 Å². The van der Waals surface area contributed by atoms with E-state index in [1.807, 2.05) is 11.8 Å². The van der Waals surface area contributed by atoms with Crippen molar-refractivity contribution in [3.63, 3.8) is 0 Å². The number of benzene rings is 5. The van der Waals surface area contributed by atoms with Crippen LogP contribution in [-0.4, -0.2) is 0 Å². The van der Waals surface area contributed by atoms with E-state index in [9.17, 15) is 0 Å². The van der Waals surface area contributed by atoms with Crippen LogP contribution in [0.1, 0.15) is 25.0 Å². The molecule has 5 aromatic carbocycles. The van der Waals surface area contributed by atoms with E-state index in [1.54, 1.807) is 0 Å². The third kappa shape index (κ3) is 2.35. The summed E-state index contributed by atoms with van der Waals surface area (Å²) in [6, 6.07) is 36.1. The van der Waals surface area contributed by atoms with Crippen LogP contribution in [0.3, 0.4) is 0 Å². The van der Waals surface area contributed by atoms with Gasteiger partial charge in [0.05, 0.1) is 0 Å². The molecule has 7 rings (SSSR count). The van der Waals surface area contributed by atoms with Crippen LogP contribution in [-0.2, 0) is 5.41 Å². The van der Waals surface area contributed by atoms with Crippen LogP contribution in [0.25, 0.3) is 44.2 Å². The molecule has 0 atom stereocenters. The van der Waals surface area contributed by atoms with Gasteiger partial charge in [0.1, 0.15) is 0 Å². The van der Waals surface area contributed by atoms with E-state index < -0.39 is 0 Å². The van der Waals surface area contributed by atoms with E-state index in [4.69, 9.17) is 0 Å². The van der Waals surface area contributed by atoms with Crippen molar-refractivity contribution in [2.24, 2.45) is 0 Å². The van der Waals surface area contributed by atoms with Crippen molar-refractivity contribution < 1.29 is 0 Å². The second-order valence-electron chi connectivity index (χ2n) is 9.37. The highest BCUT2D eigenvalue weighted by molar-refractivity contribution is 7.99. The van der Waals surface area contributed by atoms with Gasteiger partial charge in [-0.3, -0.25) is 0 Å². The zero-order valence-corrected chi connectivity index (χ0v) is 19.0. The summed E-state index contributed by atoms with van der Waals surface area (Å²) in [5, 5.41) is 2.70. The van der Waals surface area contributed by atoms with E-state index in [0.29, 0.717) is 0 Å². The van der Waals surface area contributed by atoms with Gasteiger partial charge in [0.2, 0.25) is 0 Å². The molecule has 0 amide bonds. The van der Waals surface area contributed by atoms with Gasteiger partial charge in [0.15, 0.2) is 0 Å². The van der Waals surface area contributed by atoms with Crippen LogP contribution >= 0.6 is 11.8 Å². The van der Waals surface area contributed by atoms with Crippen molar-refractivity contribution in [2.45, 2.75) is 29.1 Å². The molecule has 0 bridgehead atoms. The Balaban J connectivity index is 1.53. The minimum Gasteiger partial charge on any atom is -0.0888 e. The molecule has 2 aliphatic rings. The molecule has 0 nitrogen and oxygen atoms in total. The van der Waals surface area contributed by atoms with Crippen LogP contribution in [0.2, 0.25) is 0 Å². The van der Waals surface area contributed by atoms with Crippen LogP contribution in [0.5, 0.6) is 0 Å². The highest BCUT2D eigenvalue weighted by atomic mass is 32.2. The second-order valence-corrected chi connectivity index (χ2v) is 10.5. The van der Waals surface area contributed by atoms with Crippen molar-refractivity contribution in [1.29, 1.82) is 0 Å². The Hall–Kier alpha value is -3.29. The lowest BCUT2D eigenvalue weighted by molar-refractivity contribution is 0.660. The SMILES string of the molecule is CC1(C)c2ccccc2-c2ccc(-c3ccc4cccc5c4c3-c3ccccc3S5)cc21. The molecule has 0 spiro atoms. The third-order valence-corrected chi connectivity index (χ3v) is 8.41. The Morgan fingerprint density at radius 3 is 2.19 bits per heavy atom. The van der Waals surface area contributed by atoms with Gasteiger partial charge in [-0.1, -0.05) is 104 Å². The molecule has 0 fully saturated rings. The summed E-state index contributed by atoms with van der Waals surface area (Å²) >= 11 is 1.89. The number of fused-ring (bicyclic) bond motifs is 5. The Bertz CT molecular complexity index is 1570. The largest absolute Gasteiger partial charge is 0.0888 e. The van der Waals surface area contributed by atoms with Crippen molar-refractivity contribution in [2.75, 3.05) is 0 Å². The van der Waals surface area contributed by atoms with Gasteiger partial charge in [-0.05, 0) is 68.1 Å². The van der Waals surface area contributed by atoms with Gasteiger partial charge >= 0.3 is 0 Å². The first-order valence-electron chi connectivity index (χ1n) is 11.2. The molecule has 5 aromatic rings. The standard InChI is InChI=1S/C31H22S/c1-31(2)25-11-5-3-9-22(25)23-17-15-20(18-26(23)31)21-16-14-19-8-7-13-28-29(19)30(21)24-10-4-6-12-27(24)32-28/h3-18H,1-2H3. The molecule has 32 heavy (non-hydrogen) atoms. The number of hydrogen-bond acceptors (Lipinski definition) is 1. The van der Waals surface area contributed by atoms with Crippen molar-refractivity contribution in [3.8, 4) is 33.4 Å². The highest BCUT2D eigenvalue weighted by Gasteiger charge is 2.35. The fraction of sp³-hybridized carbons (Fsp3) is 0.0968. The predicted molar refractivity (Wildman–Crippen MR) is 137 cm³/mol. The van der Waals surface area contributed by atoms with Crippen LogP contribution in [0.15, 0.2) is 107 Å². The zero-order valence-electron chi connectivity index (χ0n) is 18.1. The predicted octanol–water partition coefficient (Wildman–Crippen LogP) is 8.94. The summed E-state index contributed by atoms with van der Waals surface area (Å²) in [7, 11) is 0. The summed E-state index contributed by atoms with van der Waals surface area (Å²) in [6.07, 6.45) is 0. The van der Waals surface area contributed by atoms with Crippen LogP contribution in [0.4, 0.5) is 0 Å². The maximum atomic E-state index is 2.44. The molecule has 152 valence electrons. The Labute approximate surface area is 192 Å². The number of rotatable bonds is 1. The van der Waals surface area contributed by atoms with E-state index in [-0.39, 0.29) is 5.41 Å². The Morgan fingerprint density at radius 2 is 1.28 bits per heavy atom. The van der Waals surface area contributed by atoms with E-state index in [1.165, 1.54) is 65.1 Å². The molecule has 0 saturated carbocycles. The average molecular weight is 427 g/mol. The van der Waals surface area contributed by atoms with Gasteiger partial charge < -0.3 is 0 Å². The minimum atomic E-state index is 0.00887. The van der Waals surface area contributed by atoms with Crippen LogP contribution in [0, 0.1) is 0 Å².